The predicted octanol–water partition coefficient (Wildman–Crippen LogP) is 2.70. The molecule has 2 heterocycles. The molecule has 0 saturated heterocycles. The van der Waals surface area contributed by atoms with Gasteiger partial charge in [0.1, 0.15) is 11.9 Å². The van der Waals surface area contributed by atoms with Crippen LogP contribution >= 0.6 is 0 Å². The summed E-state index contributed by atoms with van der Waals surface area (Å²) in [7, 11) is 0. The first-order valence-electron chi connectivity index (χ1n) is 6.50. The summed E-state index contributed by atoms with van der Waals surface area (Å²) < 4.78 is 0. The Labute approximate surface area is 122 Å². The van der Waals surface area contributed by atoms with Gasteiger partial charge in [0.2, 0.25) is 0 Å². The molecule has 0 radical (unpaired) electrons. The van der Waals surface area contributed by atoms with E-state index in [2.05, 4.69) is 21.4 Å². The van der Waals surface area contributed by atoms with E-state index >= 15 is 0 Å². The Morgan fingerprint density at radius 2 is 2.05 bits per heavy atom. The molecule has 3 N–H and O–H groups in total. The van der Waals surface area contributed by atoms with Crippen LogP contribution in [0, 0.1) is 11.3 Å². The minimum atomic E-state index is 0.434. The first kappa shape index (κ1) is 12.9. The molecule has 0 amide bonds. The number of aromatic nitrogens is 2. The molecule has 3 rings (SSSR count). The lowest BCUT2D eigenvalue weighted by atomic mass is 10.1. The van der Waals surface area contributed by atoms with Crippen LogP contribution in [0.1, 0.15) is 11.1 Å². The molecule has 2 aromatic heterocycles. The SMILES string of the molecule is N#Cc1cc(N)cnc1NCc1cccc2cccnc12. The lowest BCUT2D eigenvalue weighted by molar-refractivity contribution is 1.11. The number of nitrogens with zero attached hydrogens (tertiary/aromatic N) is 3. The number of nitrogens with one attached hydrogen (secondary N) is 1. The maximum absolute atomic E-state index is 9.11. The van der Waals surface area contributed by atoms with Crippen molar-refractivity contribution in [1.82, 2.24) is 9.97 Å². The average molecular weight is 275 g/mol. The first-order valence-corrected chi connectivity index (χ1v) is 6.50. The maximum Gasteiger partial charge on any atom is 0.144 e. The largest absolute Gasteiger partial charge is 0.397 e. The summed E-state index contributed by atoms with van der Waals surface area (Å²) in [5.74, 6) is 0.527. The van der Waals surface area contributed by atoms with Crippen molar-refractivity contribution in [2.24, 2.45) is 0 Å². The molecule has 5 heteroatoms. The van der Waals surface area contributed by atoms with E-state index in [0.29, 0.717) is 23.6 Å². The molecule has 0 aliphatic rings. The maximum atomic E-state index is 9.11. The van der Waals surface area contributed by atoms with Gasteiger partial charge in [0.15, 0.2) is 0 Å². The third-order valence-corrected chi connectivity index (χ3v) is 3.19. The normalized spacial score (nSPS) is 10.2. The van der Waals surface area contributed by atoms with Crippen molar-refractivity contribution in [1.29, 1.82) is 5.26 Å². The van der Waals surface area contributed by atoms with Gasteiger partial charge in [-0.15, -0.1) is 0 Å². The number of nitrogen functional groups attached to an aromatic ring is 1. The molecule has 0 atom stereocenters. The van der Waals surface area contributed by atoms with E-state index in [1.165, 1.54) is 6.20 Å². The summed E-state index contributed by atoms with van der Waals surface area (Å²) in [6.45, 7) is 0.542. The number of rotatable bonds is 3. The fourth-order valence-corrected chi connectivity index (χ4v) is 2.20. The number of nitriles is 1. The average Bonchev–Trinajstić information content (AvgIpc) is 2.53. The molecule has 0 bridgehead atoms. The molecule has 0 spiro atoms. The molecule has 0 aliphatic heterocycles. The summed E-state index contributed by atoms with van der Waals surface area (Å²) in [6, 6.07) is 13.6. The zero-order valence-electron chi connectivity index (χ0n) is 11.2. The number of anilines is 2. The fourth-order valence-electron chi connectivity index (χ4n) is 2.20. The van der Waals surface area contributed by atoms with Crippen LogP contribution in [0.5, 0.6) is 0 Å². The van der Waals surface area contributed by atoms with Gasteiger partial charge in [-0.2, -0.15) is 5.26 Å². The molecular weight excluding hydrogens is 262 g/mol. The topological polar surface area (TPSA) is 87.6 Å². The molecular formula is C16H13N5. The monoisotopic (exact) mass is 275 g/mol. The van der Waals surface area contributed by atoms with Crippen LogP contribution < -0.4 is 11.1 Å². The van der Waals surface area contributed by atoms with Crippen LogP contribution in [0.25, 0.3) is 10.9 Å². The standard InChI is InChI=1S/C16H13N5/c17-8-13-7-14(18)10-21-16(13)20-9-12-4-1-3-11-5-2-6-19-15(11)12/h1-7,10H,9,18H2,(H,20,21). The molecule has 0 fully saturated rings. The van der Waals surface area contributed by atoms with Gasteiger partial charge in [-0.05, 0) is 17.7 Å². The van der Waals surface area contributed by atoms with Crippen molar-refractivity contribution in [3.05, 3.63) is 59.9 Å². The lowest BCUT2D eigenvalue weighted by Gasteiger charge is -2.09. The fraction of sp³-hybridized carbons (Fsp3) is 0.0625. The lowest BCUT2D eigenvalue weighted by Crippen LogP contribution is -2.05. The Kier molecular flexibility index (Phi) is 3.36. The van der Waals surface area contributed by atoms with Gasteiger partial charge in [0.25, 0.3) is 0 Å². The Bertz CT molecular complexity index is 830. The summed E-state index contributed by atoms with van der Waals surface area (Å²) in [5.41, 5.74) is 8.54. The van der Waals surface area contributed by atoms with Gasteiger partial charge < -0.3 is 11.1 Å². The Balaban J connectivity index is 1.89. The van der Waals surface area contributed by atoms with Gasteiger partial charge in [0, 0.05) is 18.1 Å². The number of nitrogens with two attached hydrogens (primary N) is 1. The van der Waals surface area contributed by atoms with Gasteiger partial charge in [-0.3, -0.25) is 4.98 Å². The molecule has 5 nitrogen and oxygen atoms in total. The smallest absolute Gasteiger partial charge is 0.144 e. The van der Waals surface area contributed by atoms with Crippen LogP contribution in [-0.4, -0.2) is 9.97 Å². The highest BCUT2D eigenvalue weighted by Crippen LogP contribution is 2.19. The van der Waals surface area contributed by atoms with E-state index in [1.54, 1.807) is 12.3 Å². The number of pyridine rings is 2. The second-order valence-corrected chi connectivity index (χ2v) is 4.62. The van der Waals surface area contributed by atoms with Crippen LogP contribution in [0.2, 0.25) is 0 Å². The zero-order chi connectivity index (χ0) is 14.7. The summed E-state index contributed by atoms with van der Waals surface area (Å²) in [5, 5.41) is 13.4. The third-order valence-electron chi connectivity index (χ3n) is 3.19. The summed E-state index contributed by atoms with van der Waals surface area (Å²) >= 11 is 0. The second-order valence-electron chi connectivity index (χ2n) is 4.62. The van der Waals surface area contributed by atoms with E-state index in [1.807, 2.05) is 30.3 Å². The van der Waals surface area contributed by atoms with E-state index in [0.717, 1.165) is 16.5 Å². The number of benzene rings is 1. The van der Waals surface area contributed by atoms with Gasteiger partial charge >= 0.3 is 0 Å². The van der Waals surface area contributed by atoms with Crippen molar-refractivity contribution < 1.29 is 0 Å². The van der Waals surface area contributed by atoms with Crippen molar-refractivity contribution in [3.8, 4) is 6.07 Å². The second kappa shape index (κ2) is 5.47. The van der Waals surface area contributed by atoms with Crippen molar-refractivity contribution in [3.63, 3.8) is 0 Å². The van der Waals surface area contributed by atoms with E-state index in [4.69, 9.17) is 11.0 Å². The van der Waals surface area contributed by atoms with Crippen molar-refractivity contribution in [2.75, 3.05) is 11.1 Å². The Morgan fingerprint density at radius 1 is 1.19 bits per heavy atom. The number of hydrogen-bond donors (Lipinski definition) is 2. The molecule has 0 saturated carbocycles. The minimum absolute atomic E-state index is 0.434. The van der Waals surface area contributed by atoms with Crippen LogP contribution in [0.3, 0.4) is 0 Å². The highest BCUT2D eigenvalue weighted by atomic mass is 15.0. The van der Waals surface area contributed by atoms with Gasteiger partial charge in [0.05, 0.1) is 23.0 Å². The van der Waals surface area contributed by atoms with Gasteiger partial charge in [-0.25, -0.2) is 4.98 Å². The van der Waals surface area contributed by atoms with Crippen molar-refractivity contribution in [2.45, 2.75) is 6.54 Å². The summed E-state index contributed by atoms with van der Waals surface area (Å²) in [4.78, 5) is 8.57. The van der Waals surface area contributed by atoms with E-state index in [9.17, 15) is 0 Å². The quantitative estimate of drug-likeness (QED) is 0.767. The van der Waals surface area contributed by atoms with Gasteiger partial charge in [-0.1, -0.05) is 24.3 Å². The van der Waals surface area contributed by atoms with E-state index in [-0.39, 0.29) is 0 Å². The number of hydrogen-bond acceptors (Lipinski definition) is 5. The van der Waals surface area contributed by atoms with E-state index < -0.39 is 0 Å². The first-order chi connectivity index (χ1) is 10.3. The molecule has 21 heavy (non-hydrogen) atoms. The molecule has 0 aliphatic carbocycles. The van der Waals surface area contributed by atoms with Crippen LogP contribution in [0.15, 0.2) is 48.8 Å². The molecule has 102 valence electrons. The predicted molar refractivity (Wildman–Crippen MR) is 82.4 cm³/mol. The number of fused-ring (bicyclic) bond motifs is 1. The third kappa shape index (κ3) is 2.60. The number of para-hydroxylation sites is 1. The highest BCUT2D eigenvalue weighted by molar-refractivity contribution is 5.81. The molecule has 3 aromatic rings. The molecule has 1 aromatic carbocycles. The molecule has 0 unspecified atom stereocenters. The van der Waals surface area contributed by atoms with Crippen LogP contribution in [0.4, 0.5) is 11.5 Å². The summed E-state index contributed by atoms with van der Waals surface area (Å²) in [6.07, 6.45) is 3.30. The van der Waals surface area contributed by atoms with Crippen molar-refractivity contribution >= 4 is 22.4 Å². The minimum Gasteiger partial charge on any atom is -0.397 e. The Hall–Kier alpha value is -3.13. The van der Waals surface area contributed by atoms with Crippen LogP contribution in [-0.2, 0) is 6.54 Å². The Morgan fingerprint density at radius 3 is 2.90 bits per heavy atom. The highest BCUT2D eigenvalue weighted by Gasteiger charge is 2.06. The zero-order valence-corrected chi connectivity index (χ0v) is 11.2.